The highest BCUT2D eigenvalue weighted by Crippen LogP contribution is 2.31. The minimum atomic E-state index is -0.518. The molecule has 6 nitrogen and oxygen atoms in total. The molecule has 0 spiro atoms. The number of rotatable bonds is 7. The lowest BCUT2D eigenvalue weighted by Crippen LogP contribution is -2.14. The Morgan fingerprint density at radius 3 is 2.79 bits per heavy atom. The number of thioether (sulfide) groups is 1. The summed E-state index contributed by atoms with van der Waals surface area (Å²) in [6, 6.07) is 10.5. The number of carbonyl (C=O) groups is 1. The summed E-state index contributed by atoms with van der Waals surface area (Å²) in [5, 5.41) is 11.9. The van der Waals surface area contributed by atoms with E-state index in [0.717, 1.165) is 27.5 Å². The van der Waals surface area contributed by atoms with Crippen molar-refractivity contribution in [3.63, 3.8) is 0 Å². The number of hydrogen-bond acceptors (Lipinski definition) is 6. The summed E-state index contributed by atoms with van der Waals surface area (Å²) in [6.45, 7) is 3.71. The van der Waals surface area contributed by atoms with E-state index in [2.05, 4.69) is 31.4 Å². The molecule has 2 aromatic carbocycles. The first kappa shape index (κ1) is 22.0. The fourth-order valence-electron chi connectivity index (χ4n) is 2.30. The molecule has 3 aromatic rings. The van der Waals surface area contributed by atoms with Crippen molar-refractivity contribution in [1.82, 2.24) is 10.2 Å². The lowest BCUT2D eigenvalue weighted by atomic mass is 10.2. The Balaban J connectivity index is 1.54. The van der Waals surface area contributed by atoms with Gasteiger partial charge in [0.1, 0.15) is 5.75 Å². The molecule has 1 heterocycles. The summed E-state index contributed by atoms with van der Waals surface area (Å²) >= 11 is 16.6. The zero-order valence-electron chi connectivity index (χ0n) is 15.4. The van der Waals surface area contributed by atoms with Crippen molar-refractivity contribution in [3.8, 4) is 5.75 Å². The third-order valence-corrected chi connectivity index (χ3v) is 5.97. The molecule has 0 saturated carbocycles. The highest BCUT2D eigenvalue weighted by molar-refractivity contribution is 9.10. The number of ether oxygens (including phenoxy) is 1. The summed E-state index contributed by atoms with van der Waals surface area (Å²) in [7, 11) is 0. The average molecular weight is 517 g/mol. The Kier molecular flexibility index (Phi) is 7.45. The van der Waals surface area contributed by atoms with Crippen LogP contribution in [0.15, 0.2) is 50.5 Å². The molecule has 0 radical (unpaired) electrons. The molecule has 0 bridgehead atoms. The molecular formula is C19H16BrCl2N3O3S. The number of nitrogens with one attached hydrogen (secondary N) is 1. The molecule has 29 heavy (non-hydrogen) atoms. The van der Waals surface area contributed by atoms with Crippen LogP contribution in [0.4, 0.5) is 5.69 Å². The van der Waals surface area contributed by atoms with Crippen LogP contribution >= 0.6 is 50.9 Å². The summed E-state index contributed by atoms with van der Waals surface area (Å²) in [5.74, 6) is 0.700. The van der Waals surface area contributed by atoms with E-state index in [0.29, 0.717) is 15.8 Å². The fraction of sp³-hybridized carbons (Fsp3) is 0.211. The van der Waals surface area contributed by atoms with Crippen molar-refractivity contribution >= 4 is 62.5 Å². The molecule has 0 unspecified atom stereocenters. The predicted octanol–water partition coefficient (Wildman–Crippen LogP) is 6.32. The summed E-state index contributed by atoms with van der Waals surface area (Å²) in [5.41, 5.74) is 1.76. The molecule has 0 saturated heterocycles. The van der Waals surface area contributed by atoms with Crippen molar-refractivity contribution < 1.29 is 13.9 Å². The zero-order valence-corrected chi connectivity index (χ0v) is 19.3. The molecule has 1 aromatic heterocycles. The number of hydrogen-bond donors (Lipinski definition) is 1. The van der Waals surface area contributed by atoms with Crippen LogP contribution in [0.5, 0.6) is 5.75 Å². The monoisotopic (exact) mass is 515 g/mol. The average Bonchev–Trinajstić information content (AvgIpc) is 3.14. The molecular weight excluding hydrogens is 501 g/mol. The number of aryl methyl sites for hydroxylation is 1. The molecule has 0 aliphatic heterocycles. The second-order valence-corrected chi connectivity index (χ2v) is 8.67. The van der Waals surface area contributed by atoms with Crippen LogP contribution in [0.25, 0.3) is 0 Å². The standard InChI is InChI=1S/C19H16BrCl2N3O3S/c1-10-7-13(4-5-14(10)20)23-17(26)9-29-19-25-24-18(28-19)11(2)27-16-6-3-12(21)8-15(16)22/h3-8,11H,9H2,1-2H3,(H,23,26)/t11-/m0/s1. The van der Waals surface area contributed by atoms with Crippen molar-refractivity contribution in [2.45, 2.75) is 25.2 Å². The second-order valence-electron chi connectivity index (χ2n) is 6.04. The number of aromatic nitrogens is 2. The minimum absolute atomic E-state index is 0.134. The van der Waals surface area contributed by atoms with Gasteiger partial charge >= 0.3 is 0 Å². The fourth-order valence-corrected chi connectivity index (χ4v) is 3.57. The largest absolute Gasteiger partial charge is 0.479 e. The number of carbonyl (C=O) groups excluding carboxylic acids is 1. The molecule has 1 amide bonds. The van der Waals surface area contributed by atoms with Gasteiger partial charge in [0.15, 0.2) is 6.10 Å². The maximum Gasteiger partial charge on any atom is 0.277 e. The molecule has 0 aliphatic carbocycles. The van der Waals surface area contributed by atoms with Crippen molar-refractivity contribution in [1.29, 1.82) is 0 Å². The van der Waals surface area contributed by atoms with Gasteiger partial charge in [-0.2, -0.15) is 0 Å². The first-order chi connectivity index (χ1) is 13.8. The van der Waals surface area contributed by atoms with Crippen molar-refractivity contribution in [2.24, 2.45) is 0 Å². The Labute approximate surface area is 190 Å². The third-order valence-electron chi connectivity index (χ3n) is 3.74. The molecule has 10 heteroatoms. The molecule has 1 atom stereocenters. The van der Waals surface area contributed by atoms with E-state index in [1.54, 1.807) is 25.1 Å². The number of benzene rings is 2. The highest BCUT2D eigenvalue weighted by Gasteiger charge is 2.18. The molecule has 0 fully saturated rings. The third kappa shape index (κ3) is 6.12. The highest BCUT2D eigenvalue weighted by atomic mass is 79.9. The van der Waals surface area contributed by atoms with Gasteiger partial charge in [0.2, 0.25) is 5.91 Å². The minimum Gasteiger partial charge on any atom is -0.479 e. The van der Waals surface area contributed by atoms with Crippen LogP contribution in [-0.2, 0) is 4.79 Å². The van der Waals surface area contributed by atoms with E-state index in [4.69, 9.17) is 32.4 Å². The number of anilines is 1. The van der Waals surface area contributed by atoms with Gasteiger partial charge in [-0.1, -0.05) is 50.9 Å². The summed E-state index contributed by atoms with van der Waals surface area (Å²) in [6.07, 6.45) is -0.518. The van der Waals surface area contributed by atoms with E-state index in [-0.39, 0.29) is 22.8 Å². The smallest absolute Gasteiger partial charge is 0.277 e. The maximum absolute atomic E-state index is 12.1. The quantitative estimate of drug-likeness (QED) is 0.370. The molecule has 1 N–H and O–H groups in total. The van der Waals surface area contributed by atoms with Gasteiger partial charge in [0.25, 0.3) is 11.1 Å². The van der Waals surface area contributed by atoms with Gasteiger partial charge in [0, 0.05) is 15.2 Å². The Morgan fingerprint density at radius 1 is 1.28 bits per heavy atom. The van der Waals surface area contributed by atoms with Crippen LogP contribution in [0.1, 0.15) is 24.5 Å². The lowest BCUT2D eigenvalue weighted by molar-refractivity contribution is -0.113. The zero-order chi connectivity index (χ0) is 21.0. The van der Waals surface area contributed by atoms with Gasteiger partial charge in [-0.3, -0.25) is 4.79 Å². The predicted molar refractivity (Wildman–Crippen MR) is 118 cm³/mol. The summed E-state index contributed by atoms with van der Waals surface area (Å²) < 4.78 is 12.3. The van der Waals surface area contributed by atoms with Gasteiger partial charge in [-0.05, 0) is 55.8 Å². The lowest BCUT2D eigenvalue weighted by Gasteiger charge is -2.12. The van der Waals surface area contributed by atoms with E-state index >= 15 is 0 Å². The molecule has 3 rings (SSSR count). The Bertz CT molecular complexity index is 1030. The van der Waals surface area contributed by atoms with Gasteiger partial charge in [0.05, 0.1) is 10.8 Å². The first-order valence-electron chi connectivity index (χ1n) is 8.45. The van der Waals surface area contributed by atoms with Gasteiger partial charge < -0.3 is 14.5 Å². The van der Waals surface area contributed by atoms with E-state index < -0.39 is 6.10 Å². The normalized spacial score (nSPS) is 11.9. The Morgan fingerprint density at radius 2 is 2.07 bits per heavy atom. The topological polar surface area (TPSA) is 77.2 Å². The number of nitrogens with zero attached hydrogens (tertiary/aromatic N) is 2. The number of halogens is 3. The van der Waals surface area contributed by atoms with Crippen LogP contribution in [-0.4, -0.2) is 21.9 Å². The van der Waals surface area contributed by atoms with Crippen LogP contribution < -0.4 is 10.1 Å². The van der Waals surface area contributed by atoms with Crippen LogP contribution in [0.3, 0.4) is 0 Å². The van der Waals surface area contributed by atoms with Crippen molar-refractivity contribution in [3.05, 3.63) is 62.4 Å². The SMILES string of the molecule is Cc1cc(NC(=O)CSc2nnc([C@H](C)Oc3ccc(Cl)cc3Cl)o2)ccc1Br. The van der Waals surface area contributed by atoms with Gasteiger partial charge in [-0.15, -0.1) is 10.2 Å². The molecule has 152 valence electrons. The van der Waals surface area contributed by atoms with Crippen molar-refractivity contribution in [2.75, 3.05) is 11.1 Å². The first-order valence-corrected chi connectivity index (χ1v) is 11.0. The molecule has 0 aliphatic rings. The van der Waals surface area contributed by atoms with E-state index in [1.165, 1.54) is 0 Å². The maximum atomic E-state index is 12.1. The second kappa shape index (κ2) is 9.84. The van der Waals surface area contributed by atoms with Crippen LogP contribution in [0, 0.1) is 6.92 Å². The number of amides is 1. The van der Waals surface area contributed by atoms with Crippen LogP contribution in [0.2, 0.25) is 10.0 Å². The van der Waals surface area contributed by atoms with Gasteiger partial charge in [-0.25, -0.2) is 0 Å². The van der Waals surface area contributed by atoms with E-state index in [9.17, 15) is 4.79 Å². The Hall–Kier alpha value is -1.74. The summed E-state index contributed by atoms with van der Waals surface area (Å²) in [4.78, 5) is 12.1. The van der Waals surface area contributed by atoms with E-state index in [1.807, 2.05) is 25.1 Å².